The highest BCUT2D eigenvalue weighted by atomic mass is 16.6. The third-order valence-electron chi connectivity index (χ3n) is 8.74. The van der Waals surface area contributed by atoms with E-state index in [1.807, 2.05) is 0 Å². The number of hydrogen-bond donors (Lipinski definition) is 1. The molecule has 2 saturated carbocycles. The van der Waals surface area contributed by atoms with Gasteiger partial charge in [0.25, 0.3) is 0 Å². The Morgan fingerprint density at radius 3 is 1.88 bits per heavy atom. The molecule has 1 saturated heterocycles. The molecule has 12 nitrogen and oxygen atoms in total. The van der Waals surface area contributed by atoms with Crippen molar-refractivity contribution in [1.29, 1.82) is 0 Å². The molecular weight excluding hydrogens is 552 g/mol. The van der Waals surface area contributed by atoms with Crippen molar-refractivity contribution in [3.8, 4) is 0 Å². The van der Waals surface area contributed by atoms with Crippen LogP contribution in [0.1, 0.15) is 65.2 Å². The molecule has 42 heavy (non-hydrogen) atoms. The van der Waals surface area contributed by atoms with E-state index in [-0.39, 0.29) is 12.0 Å². The van der Waals surface area contributed by atoms with E-state index in [2.05, 4.69) is 0 Å². The van der Waals surface area contributed by atoms with Crippen molar-refractivity contribution >= 4 is 29.8 Å². The summed E-state index contributed by atoms with van der Waals surface area (Å²) in [5, 5.41) is 11.5. The van der Waals surface area contributed by atoms with Gasteiger partial charge in [0.1, 0.15) is 29.3 Å². The predicted molar refractivity (Wildman–Crippen MR) is 143 cm³/mol. The number of ether oxygens (including phenoxy) is 6. The Balaban J connectivity index is 2.07. The summed E-state index contributed by atoms with van der Waals surface area (Å²) in [7, 11) is 0. The molecule has 1 N–H and O–H groups in total. The number of aliphatic hydroxyl groups is 1. The Kier molecular flexibility index (Phi) is 8.45. The molecular formula is C30H38O12. The highest BCUT2D eigenvalue weighted by Crippen LogP contribution is 2.68. The number of aliphatic hydroxyl groups excluding tert-OH is 1. The number of esters is 5. The normalized spacial score (nSPS) is 36.1. The molecule has 1 aromatic rings. The molecule has 0 unspecified atom stereocenters. The van der Waals surface area contributed by atoms with Gasteiger partial charge in [-0.3, -0.25) is 19.2 Å². The maximum absolute atomic E-state index is 13.6. The lowest BCUT2D eigenvalue weighted by atomic mass is 9.47. The summed E-state index contributed by atoms with van der Waals surface area (Å²) in [6.07, 6.45) is -6.53. The number of fused-ring (bicyclic) bond motifs is 1. The lowest BCUT2D eigenvalue weighted by Gasteiger charge is -2.64. The number of rotatable bonds is 7. The van der Waals surface area contributed by atoms with Crippen LogP contribution in [0.5, 0.6) is 0 Å². The predicted octanol–water partition coefficient (Wildman–Crippen LogP) is 2.13. The number of hydrogen-bond acceptors (Lipinski definition) is 12. The van der Waals surface area contributed by atoms with Gasteiger partial charge in [-0.15, -0.1) is 0 Å². The van der Waals surface area contributed by atoms with Crippen molar-refractivity contribution in [2.45, 2.75) is 96.6 Å². The first-order valence-corrected chi connectivity index (χ1v) is 13.9. The minimum atomic E-state index is -1.95. The van der Waals surface area contributed by atoms with Crippen LogP contribution >= 0.6 is 0 Å². The van der Waals surface area contributed by atoms with Gasteiger partial charge in [-0.1, -0.05) is 25.1 Å². The second kappa shape index (κ2) is 11.3. The van der Waals surface area contributed by atoms with Crippen LogP contribution in [0.2, 0.25) is 0 Å². The van der Waals surface area contributed by atoms with Crippen LogP contribution in [-0.4, -0.2) is 83.3 Å². The summed E-state index contributed by atoms with van der Waals surface area (Å²) in [4.78, 5) is 63.6. The SMILES string of the molecule is CC(=O)O[C@@H]1[C@@H]2[C@@H](OC(C)=O)[C@]3(OC2(C)C)[C@H](C)C[C@H](OC(C)=O)[C@H](OC(C)=O)[C@@]3(CO)[C@@H]1OC(=O)c1ccccc1. The molecule has 1 aromatic carbocycles. The van der Waals surface area contributed by atoms with Crippen LogP contribution in [-0.2, 0) is 47.6 Å². The van der Waals surface area contributed by atoms with E-state index >= 15 is 0 Å². The van der Waals surface area contributed by atoms with E-state index in [0.29, 0.717) is 0 Å². The second-order valence-electron chi connectivity index (χ2n) is 11.8. The number of carbonyl (C=O) groups excluding carboxylic acids is 5. The Morgan fingerprint density at radius 1 is 0.810 bits per heavy atom. The van der Waals surface area contributed by atoms with Crippen LogP contribution in [0.15, 0.2) is 30.3 Å². The Labute approximate surface area is 243 Å². The number of benzene rings is 1. The van der Waals surface area contributed by atoms with E-state index in [1.54, 1.807) is 39.0 Å². The van der Waals surface area contributed by atoms with Crippen molar-refractivity contribution in [2.24, 2.45) is 17.3 Å². The summed E-state index contributed by atoms with van der Waals surface area (Å²) in [6.45, 7) is 9.05. The smallest absolute Gasteiger partial charge is 0.338 e. The van der Waals surface area contributed by atoms with E-state index in [0.717, 1.165) is 6.92 Å². The highest BCUT2D eigenvalue weighted by Gasteiger charge is 2.85. The summed E-state index contributed by atoms with van der Waals surface area (Å²) in [5.41, 5.74) is -4.62. The Morgan fingerprint density at radius 2 is 1.36 bits per heavy atom. The molecule has 1 spiro atoms. The molecule has 2 aliphatic carbocycles. The minimum Gasteiger partial charge on any atom is -0.459 e. The quantitative estimate of drug-likeness (QED) is 0.364. The standard InChI is InChI=1S/C30H38O12/c1-15-13-21(37-16(2)32)24(39-18(4)34)29(14-31)26(41-27(36)20-11-9-8-10-12-20)23(38-17(3)33)22-25(40-19(5)35)30(15,29)42-28(22,6)7/h8-12,15,21-26,31H,13-14H2,1-7H3/t15-,21+,22-,23-,24+,25-,26-,29+,30-/m1/s1. The zero-order valence-corrected chi connectivity index (χ0v) is 24.8. The van der Waals surface area contributed by atoms with Gasteiger partial charge in [0, 0.05) is 27.7 Å². The molecule has 230 valence electrons. The first-order chi connectivity index (χ1) is 19.6. The summed E-state index contributed by atoms with van der Waals surface area (Å²) >= 11 is 0. The molecule has 3 aliphatic rings. The fourth-order valence-electron chi connectivity index (χ4n) is 7.61. The zero-order valence-electron chi connectivity index (χ0n) is 24.8. The average Bonchev–Trinajstić information content (AvgIpc) is 3.07. The van der Waals surface area contributed by atoms with Crippen molar-refractivity contribution in [3.63, 3.8) is 0 Å². The van der Waals surface area contributed by atoms with Crippen molar-refractivity contribution in [2.75, 3.05) is 6.61 Å². The van der Waals surface area contributed by atoms with Crippen LogP contribution in [0.25, 0.3) is 0 Å². The lowest BCUT2D eigenvalue weighted by Crippen LogP contribution is -2.81. The molecule has 9 atom stereocenters. The van der Waals surface area contributed by atoms with Crippen LogP contribution in [0.3, 0.4) is 0 Å². The van der Waals surface area contributed by atoms with E-state index < -0.39 is 95.4 Å². The maximum atomic E-state index is 13.6. The second-order valence-corrected chi connectivity index (χ2v) is 11.8. The van der Waals surface area contributed by atoms with Crippen molar-refractivity contribution in [3.05, 3.63) is 35.9 Å². The van der Waals surface area contributed by atoms with Gasteiger partial charge in [-0.25, -0.2) is 4.79 Å². The maximum Gasteiger partial charge on any atom is 0.338 e. The van der Waals surface area contributed by atoms with Crippen LogP contribution in [0, 0.1) is 17.3 Å². The molecule has 0 radical (unpaired) electrons. The van der Waals surface area contributed by atoms with Crippen molar-refractivity contribution in [1.82, 2.24) is 0 Å². The Hall–Kier alpha value is -3.51. The summed E-state index contributed by atoms with van der Waals surface area (Å²) in [6, 6.07) is 8.04. The monoisotopic (exact) mass is 590 g/mol. The molecule has 1 heterocycles. The topological polar surface area (TPSA) is 161 Å². The summed E-state index contributed by atoms with van der Waals surface area (Å²) < 4.78 is 36.2. The lowest BCUT2D eigenvalue weighted by molar-refractivity contribution is -0.329. The fraction of sp³-hybridized carbons (Fsp3) is 0.633. The molecule has 2 bridgehead atoms. The molecule has 4 rings (SSSR count). The van der Waals surface area contributed by atoms with Gasteiger partial charge >= 0.3 is 29.8 Å². The van der Waals surface area contributed by atoms with Gasteiger partial charge in [-0.2, -0.15) is 0 Å². The van der Waals surface area contributed by atoms with Gasteiger partial charge in [0.15, 0.2) is 12.2 Å². The van der Waals surface area contributed by atoms with Crippen LogP contribution in [0.4, 0.5) is 0 Å². The van der Waals surface area contributed by atoms with E-state index in [4.69, 9.17) is 28.4 Å². The third kappa shape index (κ3) is 4.94. The van der Waals surface area contributed by atoms with E-state index in [9.17, 15) is 29.1 Å². The van der Waals surface area contributed by atoms with Crippen molar-refractivity contribution < 1.29 is 57.5 Å². The van der Waals surface area contributed by atoms with Gasteiger partial charge < -0.3 is 33.5 Å². The summed E-state index contributed by atoms with van der Waals surface area (Å²) in [5.74, 6) is -5.20. The minimum absolute atomic E-state index is 0.0808. The van der Waals surface area contributed by atoms with Gasteiger partial charge in [0.2, 0.25) is 0 Å². The van der Waals surface area contributed by atoms with Gasteiger partial charge in [-0.05, 0) is 38.3 Å². The molecule has 1 aliphatic heterocycles. The van der Waals surface area contributed by atoms with Crippen LogP contribution < -0.4 is 0 Å². The molecule has 0 aromatic heterocycles. The fourth-order valence-corrected chi connectivity index (χ4v) is 7.61. The third-order valence-corrected chi connectivity index (χ3v) is 8.74. The number of carbonyl (C=O) groups is 5. The Bertz CT molecular complexity index is 1240. The zero-order chi connectivity index (χ0) is 31.2. The highest BCUT2D eigenvalue weighted by molar-refractivity contribution is 5.89. The average molecular weight is 591 g/mol. The molecule has 3 fully saturated rings. The van der Waals surface area contributed by atoms with E-state index in [1.165, 1.54) is 32.9 Å². The molecule has 12 heteroatoms. The largest absolute Gasteiger partial charge is 0.459 e. The first kappa shape index (κ1) is 31.4. The van der Waals surface area contributed by atoms with Gasteiger partial charge in [0.05, 0.1) is 23.7 Å². The molecule has 0 amide bonds. The first-order valence-electron chi connectivity index (χ1n) is 13.9.